The van der Waals surface area contributed by atoms with Crippen molar-refractivity contribution in [2.75, 3.05) is 0 Å². The van der Waals surface area contributed by atoms with Crippen LogP contribution in [0.15, 0.2) is 18.2 Å². The van der Waals surface area contributed by atoms with Gasteiger partial charge in [-0.15, -0.1) is 12.4 Å². The third-order valence-electron chi connectivity index (χ3n) is 3.36. The van der Waals surface area contributed by atoms with Crippen LogP contribution in [0, 0.1) is 11.7 Å². The number of carbonyl (C=O) groups excluding carboxylic acids is 1. The van der Waals surface area contributed by atoms with E-state index in [-0.39, 0.29) is 35.3 Å². The molecule has 19 heavy (non-hydrogen) atoms. The van der Waals surface area contributed by atoms with Crippen molar-refractivity contribution in [3.05, 3.63) is 34.6 Å². The van der Waals surface area contributed by atoms with Crippen molar-refractivity contribution < 1.29 is 9.18 Å². The van der Waals surface area contributed by atoms with Crippen molar-refractivity contribution in [1.82, 2.24) is 5.32 Å². The number of hydrogen-bond donors (Lipinski definition) is 2. The molecule has 1 aromatic rings. The highest BCUT2D eigenvalue weighted by Crippen LogP contribution is 2.24. The van der Waals surface area contributed by atoms with Crippen molar-refractivity contribution >= 4 is 29.9 Å². The summed E-state index contributed by atoms with van der Waals surface area (Å²) in [6.07, 6.45) is 2.75. The van der Waals surface area contributed by atoms with Crippen molar-refractivity contribution in [2.24, 2.45) is 11.7 Å². The summed E-state index contributed by atoms with van der Waals surface area (Å²) in [6.45, 7) is 0.349. The number of halogens is 3. The minimum absolute atomic E-state index is 0. The summed E-state index contributed by atoms with van der Waals surface area (Å²) in [5.41, 5.74) is 6.64. The molecule has 1 saturated carbocycles. The van der Waals surface area contributed by atoms with Crippen molar-refractivity contribution in [3.63, 3.8) is 0 Å². The predicted molar refractivity (Wildman–Crippen MR) is 75.8 cm³/mol. The molecule has 106 valence electrons. The topological polar surface area (TPSA) is 55.1 Å². The summed E-state index contributed by atoms with van der Waals surface area (Å²) in [5, 5.41) is 2.89. The standard InChI is InChI=1S/C13H16ClFN2O.ClH/c14-10-6-8(4-5-11(10)15)7-17-13(18)9-2-1-3-12(9)16;/h4-6,9,12H,1-3,7,16H2,(H,17,18);1H. The lowest BCUT2D eigenvalue weighted by atomic mass is 10.0. The fourth-order valence-corrected chi connectivity index (χ4v) is 2.49. The molecule has 1 fully saturated rings. The van der Waals surface area contributed by atoms with Crippen LogP contribution >= 0.6 is 24.0 Å². The molecule has 3 N–H and O–H groups in total. The largest absolute Gasteiger partial charge is 0.352 e. The Morgan fingerprint density at radius 1 is 1.47 bits per heavy atom. The van der Waals surface area contributed by atoms with Crippen LogP contribution in [0.1, 0.15) is 24.8 Å². The highest BCUT2D eigenvalue weighted by Gasteiger charge is 2.29. The van der Waals surface area contributed by atoms with E-state index in [9.17, 15) is 9.18 Å². The van der Waals surface area contributed by atoms with E-state index < -0.39 is 5.82 Å². The van der Waals surface area contributed by atoms with Crippen LogP contribution in [0.5, 0.6) is 0 Å². The maximum absolute atomic E-state index is 13.0. The first kappa shape index (κ1) is 16.2. The van der Waals surface area contributed by atoms with Gasteiger partial charge in [-0.1, -0.05) is 24.1 Å². The van der Waals surface area contributed by atoms with Gasteiger partial charge in [-0.2, -0.15) is 0 Å². The van der Waals surface area contributed by atoms with E-state index in [1.54, 1.807) is 6.07 Å². The predicted octanol–water partition coefficient (Wildman–Crippen LogP) is 2.64. The molecule has 0 radical (unpaired) electrons. The minimum atomic E-state index is -0.454. The first-order valence-electron chi connectivity index (χ1n) is 6.05. The zero-order valence-electron chi connectivity index (χ0n) is 10.4. The molecule has 6 heteroatoms. The second-order valence-corrected chi connectivity index (χ2v) is 5.07. The lowest BCUT2D eigenvalue weighted by Crippen LogP contribution is -2.38. The van der Waals surface area contributed by atoms with Crippen LogP contribution in [0.25, 0.3) is 0 Å². The molecule has 0 aromatic heterocycles. The number of benzene rings is 1. The molecule has 1 aromatic carbocycles. The van der Waals surface area contributed by atoms with Gasteiger partial charge in [-0.25, -0.2) is 4.39 Å². The van der Waals surface area contributed by atoms with Crippen LogP contribution in [-0.2, 0) is 11.3 Å². The molecule has 1 aliphatic rings. The third-order valence-corrected chi connectivity index (χ3v) is 3.65. The van der Waals surface area contributed by atoms with Crippen molar-refractivity contribution in [3.8, 4) is 0 Å². The van der Waals surface area contributed by atoms with Gasteiger partial charge in [0.15, 0.2) is 0 Å². The van der Waals surface area contributed by atoms with Gasteiger partial charge in [0.05, 0.1) is 10.9 Å². The van der Waals surface area contributed by atoms with E-state index in [2.05, 4.69) is 5.32 Å². The summed E-state index contributed by atoms with van der Waals surface area (Å²) in [5.74, 6) is -0.578. The summed E-state index contributed by atoms with van der Waals surface area (Å²) < 4.78 is 13.0. The van der Waals surface area contributed by atoms with Gasteiger partial charge in [0.1, 0.15) is 5.82 Å². The van der Waals surface area contributed by atoms with Crippen LogP contribution in [0.2, 0.25) is 5.02 Å². The van der Waals surface area contributed by atoms with E-state index in [0.29, 0.717) is 6.54 Å². The summed E-state index contributed by atoms with van der Waals surface area (Å²) in [6, 6.07) is 4.38. The Kier molecular flexibility index (Phi) is 6.04. The van der Waals surface area contributed by atoms with Gasteiger partial charge in [0.2, 0.25) is 5.91 Å². The smallest absolute Gasteiger partial charge is 0.224 e. The fourth-order valence-electron chi connectivity index (χ4n) is 2.28. The molecular weight excluding hydrogens is 290 g/mol. The van der Waals surface area contributed by atoms with Gasteiger partial charge in [0, 0.05) is 12.6 Å². The Morgan fingerprint density at radius 2 is 2.21 bits per heavy atom. The number of nitrogens with two attached hydrogens (primary N) is 1. The second kappa shape index (κ2) is 7.08. The van der Waals surface area contributed by atoms with Gasteiger partial charge < -0.3 is 11.1 Å². The van der Waals surface area contributed by atoms with Gasteiger partial charge in [0.25, 0.3) is 0 Å². The molecule has 0 bridgehead atoms. The third kappa shape index (κ3) is 4.06. The Bertz CT molecular complexity index is 456. The average molecular weight is 307 g/mol. The Balaban J connectivity index is 0.00000180. The lowest BCUT2D eigenvalue weighted by Gasteiger charge is -2.15. The zero-order chi connectivity index (χ0) is 13.1. The van der Waals surface area contributed by atoms with E-state index in [1.165, 1.54) is 12.1 Å². The fraction of sp³-hybridized carbons (Fsp3) is 0.462. The molecule has 0 spiro atoms. The quantitative estimate of drug-likeness (QED) is 0.902. The average Bonchev–Trinajstić information content (AvgIpc) is 2.77. The number of nitrogens with one attached hydrogen (secondary N) is 1. The van der Waals surface area contributed by atoms with Gasteiger partial charge in [-0.3, -0.25) is 4.79 Å². The van der Waals surface area contributed by atoms with E-state index in [0.717, 1.165) is 24.8 Å². The first-order chi connectivity index (χ1) is 8.58. The summed E-state index contributed by atoms with van der Waals surface area (Å²) in [7, 11) is 0. The van der Waals surface area contributed by atoms with Gasteiger partial charge in [-0.05, 0) is 30.5 Å². The van der Waals surface area contributed by atoms with Crippen LogP contribution in [-0.4, -0.2) is 11.9 Å². The Labute approximate surface area is 123 Å². The number of amides is 1. The van der Waals surface area contributed by atoms with Crippen molar-refractivity contribution in [2.45, 2.75) is 31.8 Å². The van der Waals surface area contributed by atoms with Crippen LogP contribution in [0.3, 0.4) is 0 Å². The highest BCUT2D eigenvalue weighted by molar-refractivity contribution is 6.30. The van der Waals surface area contributed by atoms with E-state index >= 15 is 0 Å². The maximum atomic E-state index is 13.0. The van der Waals surface area contributed by atoms with Crippen molar-refractivity contribution in [1.29, 1.82) is 0 Å². The molecule has 0 heterocycles. The summed E-state index contributed by atoms with van der Waals surface area (Å²) in [4.78, 5) is 11.9. The van der Waals surface area contributed by atoms with Gasteiger partial charge >= 0.3 is 0 Å². The molecule has 3 nitrogen and oxygen atoms in total. The number of rotatable bonds is 3. The summed E-state index contributed by atoms with van der Waals surface area (Å²) >= 11 is 5.67. The molecular formula is C13H17Cl2FN2O. The molecule has 2 rings (SSSR count). The molecule has 1 aliphatic carbocycles. The van der Waals surface area contributed by atoms with Crippen LogP contribution < -0.4 is 11.1 Å². The Morgan fingerprint density at radius 3 is 2.79 bits per heavy atom. The number of hydrogen-bond acceptors (Lipinski definition) is 2. The lowest BCUT2D eigenvalue weighted by molar-refractivity contribution is -0.125. The molecule has 0 aliphatic heterocycles. The maximum Gasteiger partial charge on any atom is 0.224 e. The zero-order valence-corrected chi connectivity index (χ0v) is 11.9. The highest BCUT2D eigenvalue weighted by atomic mass is 35.5. The molecule has 1 amide bonds. The Hall–Kier alpha value is -0.840. The molecule has 0 saturated heterocycles. The number of carbonyl (C=O) groups is 1. The van der Waals surface area contributed by atoms with E-state index in [1.807, 2.05) is 0 Å². The SMILES string of the molecule is Cl.NC1CCCC1C(=O)NCc1ccc(F)c(Cl)c1. The molecule has 2 atom stereocenters. The first-order valence-corrected chi connectivity index (χ1v) is 6.43. The molecule has 2 unspecified atom stereocenters. The monoisotopic (exact) mass is 306 g/mol. The normalized spacial score (nSPS) is 21.8. The second-order valence-electron chi connectivity index (χ2n) is 4.67. The van der Waals surface area contributed by atoms with Crippen LogP contribution in [0.4, 0.5) is 4.39 Å². The minimum Gasteiger partial charge on any atom is -0.352 e. The van der Waals surface area contributed by atoms with E-state index in [4.69, 9.17) is 17.3 Å².